The molecule has 0 aromatic heterocycles. The Labute approximate surface area is 345 Å². The van der Waals surface area contributed by atoms with Crippen LogP contribution in [0, 0.1) is 37.1 Å². The monoisotopic (exact) mass is 838 g/mol. The van der Waals surface area contributed by atoms with Gasteiger partial charge >= 0.3 is 347 Å². The van der Waals surface area contributed by atoms with Gasteiger partial charge in [0.25, 0.3) is 0 Å². The molecule has 59 heavy (non-hydrogen) atoms. The van der Waals surface area contributed by atoms with Gasteiger partial charge in [0.1, 0.15) is 0 Å². The van der Waals surface area contributed by atoms with Crippen LogP contribution in [-0.4, -0.2) is 50.3 Å². The van der Waals surface area contributed by atoms with Gasteiger partial charge in [-0.05, 0) is 0 Å². The van der Waals surface area contributed by atoms with Crippen LogP contribution in [0.25, 0.3) is 0 Å². The van der Waals surface area contributed by atoms with E-state index in [2.05, 4.69) is 0 Å². The predicted molar refractivity (Wildman–Crippen MR) is 219 cm³/mol. The quantitative estimate of drug-likeness (QED) is 0.106. The molecule has 2 aliphatic heterocycles. The third-order valence-electron chi connectivity index (χ3n) is 11.9. The molecule has 304 valence electrons. The summed E-state index contributed by atoms with van der Waals surface area (Å²) < 4.78 is 82.8. The van der Waals surface area contributed by atoms with Crippen molar-refractivity contribution in [1.82, 2.24) is 0 Å². The molecule has 4 aromatic rings. The second kappa shape index (κ2) is 17.4. The van der Waals surface area contributed by atoms with Gasteiger partial charge in [0, 0.05) is 0 Å². The van der Waals surface area contributed by atoms with Crippen molar-refractivity contribution in [1.29, 1.82) is 0 Å². The summed E-state index contributed by atoms with van der Waals surface area (Å²) in [7, 11) is 0. The molecule has 2 heterocycles. The molecule has 0 radical (unpaired) electrons. The fraction of sp³-hybridized carbons (Fsp3) is 0.292. The molecule has 11 heteroatoms. The Morgan fingerprint density at radius 3 is 1.36 bits per heavy atom. The van der Waals surface area contributed by atoms with Crippen molar-refractivity contribution in [2.75, 3.05) is 36.1 Å². The molecule has 0 N–H and O–H groups in total. The molecule has 2 atom stereocenters. The van der Waals surface area contributed by atoms with Gasteiger partial charge in [-0.1, -0.05) is 0 Å². The molecule has 0 spiro atoms. The summed E-state index contributed by atoms with van der Waals surface area (Å²) in [6.45, 7) is 4.73. The molecule has 0 bridgehead atoms. The van der Waals surface area contributed by atoms with Crippen molar-refractivity contribution in [2.24, 2.45) is 0 Å². The second-order valence-corrected chi connectivity index (χ2v) is 21.7. The maximum atomic E-state index is 18.2. The number of allylic oxidation sites excluding steroid dienone is 8. The molecule has 2 fully saturated rings. The molecular weight excluding hydrogens is 792 g/mol. The Bertz CT molecular complexity index is 2210. The van der Waals surface area contributed by atoms with Crippen LogP contribution < -0.4 is 17.5 Å². The van der Waals surface area contributed by atoms with E-state index in [1.165, 1.54) is 21.9 Å². The number of rotatable bonds is 12. The summed E-state index contributed by atoms with van der Waals surface area (Å²) in [6, 6.07) is 18.5. The summed E-state index contributed by atoms with van der Waals surface area (Å²) in [5, 5.41) is 0. The zero-order valence-corrected chi connectivity index (χ0v) is 34.7. The number of hydrogen-bond donors (Lipinski definition) is 0. The molecule has 8 rings (SSSR count). The van der Waals surface area contributed by atoms with Crippen LogP contribution in [0.15, 0.2) is 117 Å². The summed E-state index contributed by atoms with van der Waals surface area (Å²) in [5.41, 5.74) is 2.04. The van der Waals surface area contributed by atoms with Gasteiger partial charge in [0.05, 0.1) is 0 Å². The molecule has 6 nitrogen and oxygen atoms in total. The van der Waals surface area contributed by atoms with E-state index in [-0.39, 0.29) is 37.3 Å². The van der Waals surface area contributed by atoms with Crippen LogP contribution in [0.1, 0.15) is 70.4 Å². The van der Waals surface area contributed by atoms with Crippen LogP contribution in [0.4, 0.5) is 28.9 Å². The summed E-state index contributed by atoms with van der Waals surface area (Å²) in [4.78, 5) is 31.4. The number of amides is 2. The first kappa shape index (κ1) is 40.9. The SMILES string of the molecule is Cc1ccc(C(=O)N(CC2CCCO2)c2ccc(F)[c]([Ti]([C]3=CC=CC3)([C]3=CC=CC3)[c]3c(F)ccc(N(CC4CCCO4)C(=O)c4ccc(C)cc4)c3F)c2F)cc1. The molecule has 0 saturated carbocycles. The van der Waals surface area contributed by atoms with Gasteiger partial charge in [-0.2, -0.15) is 0 Å². The van der Waals surface area contributed by atoms with E-state index in [1.807, 2.05) is 26.0 Å². The molecule has 2 saturated heterocycles. The molecule has 4 aromatic carbocycles. The summed E-state index contributed by atoms with van der Waals surface area (Å²) in [5.74, 6) is -5.08. The van der Waals surface area contributed by atoms with Crippen molar-refractivity contribution < 1.29 is 53.2 Å². The Morgan fingerprint density at radius 2 is 1.02 bits per heavy atom. The van der Waals surface area contributed by atoms with Crippen LogP contribution in [0.3, 0.4) is 0 Å². The zero-order valence-electron chi connectivity index (χ0n) is 33.2. The van der Waals surface area contributed by atoms with Crippen molar-refractivity contribution in [2.45, 2.75) is 64.6 Å². The van der Waals surface area contributed by atoms with Gasteiger partial charge in [-0.25, -0.2) is 0 Å². The van der Waals surface area contributed by atoms with E-state index in [0.717, 1.165) is 36.1 Å². The molecule has 2 aliphatic carbocycles. The van der Waals surface area contributed by atoms with Crippen LogP contribution in [0.2, 0.25) is 0 Å². The normalized spacial score (nSPS) is 18.7. The van der Waals surface area contributed by atoms with E-state index < -0.39 is 71.6 Å². The maximum absolute atomic E-state index is 18.2. The Balaban J connectivity index is 1.36. The fourth-order valence-electron chi connectivity index (χ4n) is 8.88. The van der Waals surface area contributed by atoms with Crippen LogP contribution in [0.5, 0.6) is 0 Å². The minimum atomic E-state index is -5.42. The molecule has 4 aliphatic rings. The number of benzene rings is 4. The van der Waals surface area contributed by atoms with Crippen LogP contribution in [-0.2, 0) is 26.1 Å². The number of nitrogens with zero attached hydrogens (tertiary/aromatic N) is 2. The van der Waals surface area contributed by atoms with Gasteiger partial charge in [-0.3, -0.25) is 0 Å². The molecule has 2 amide bonds. The van der Waals surface area contributed by atoms with Gasteiger partial charge in [-0.15, -0.1) is 0 Å². The number of anilines is 2. The third-order valence-corrected chi connectivity index (χ3v) is 19.8. The van der Waals surface area contributed by atoms with Crippen molar-refractivity contribution in [3.8, 4) is 0 Å². The van der Waals surface area contributed by atoms with E-state index in [1.54, 1.807) is 72.8 Å². The van der Waals surface area contributed by atoms with E-state index in [0.29, 0.717) is 44.9 Å². The number of ether oxygens (including phenoxy) is 2. The average molecular weight is 839 g/mol. The number of carbonyl (C=O) groups is 2. The number of carbonyl (C=O) groups excluding carboxylic acids is 2. The van der Waals surface area contributed by atoms with Gasteiger partial charge in [0.15, 0.2) is 0 Å². The Kier molecular flexibility index (Phi) is 12.1. The van der Waals surface area contributed by atoms with E-state index >= 15 is 17.6 Å². The van der Waals surface area contributed by atoms with Crippen molar-refractivity contribution >= 4 is 30.9 Å². The first-order valence-electron chi connectivity index (χ1n) is 20.3. The summed E-state index contributed by atoms with van der Waals surface area (Å²) in [6.07, 6.45) is 13.0. The number of hydrogen-bond acceptors (Lipinski definition) is 4. The minimum absolute atomic E-state index is 0.0132. The summed E-state index contributed by atoms with van der Waals surface area (Å²) >= 11 is -5.42. The Hall–Kier alpha value is -4.87. The zero-order chi connectivity index (χ0) is 41.3. The van der Waals surface area contributed by atoms with Crippen molar-refractivity contribution in [3.05, 3.63) is 163 Å². The standard InChI is InChI=1S/2C19H18F2NO2.2C5H5.Ti/c2*1-13-4-6-14(7-5-13)19(23)22(12-16-3-2-10-24-16)18-9-8-15(20)11-17(18)21;2*1-2-4-5-3-1;/h2*4-9,16H,2-3,10,12H2,1H3;2*1-3H,4H2;. The van der Waals surface area contributed by atoms with Crippen molar-refractivity contribution in [3.63, 3.8) is 0 Å². The molecular formula is C48H46F4N2O4Ti. The van der Waals surface area contributed by atoms with Gasteiger partial charge in [0.2, 0.25) is 0 Å². The topological polar surface area (TPSA) is 59.1 Å². The average Bonchev–Trinajstić information content (AvgIpc) is 4.09. The number of aryl methyl sites for hydroxylation is 2. The first-order chi connectivity index (χ1) is 28.6. The fourth-order valence-corrected chi connectivity index (χ4v) is 17.1. The molecule has 2 unspecified atom stereocenters. The van der Waals surface area contributed by atoms with E-state index in [4.69, 9.17) is 9.47 Å². The van der Waals surface area contributed by atoms with E-state index in [9.17, 15) is 9.59 Å². The third kappa shape index (κ3) is 7.84. The second-order valence-electron chi connectivity index (χ2n) is 15.7. The predicted octanol–water partition coefficient (Wildman–Crippen LogP) is 9.30. The first-order valence-corrected chi connectivity index (χ1v) is 23.4. The Morgan fingerprint density at radius 1 is 0.610 bits per heavy atom. The van der Waals surface area contributed by atoms with Crippen LogP contribution >= 0.6 is 0 Å². The number of halogens is 4. The van der Waals surface area contributed by atoms with Gasteiger partial charge < -0.3 is 0 Å².